The molecule has 1 saturated heterocycles. The average molecular weight is 451 g/mol. The number of aromatic nitrogens is 2. The van der Waals surface area contributed by atoms with Crippen molar-refractivity contribution in [3.05, 3.63) is 53.9 Å². The molecule has 2 unspecified atom stereocenters. The zero-order chi connectivity index (χ0) is 23.0. The van der Waals surface area contributed by atoms with E-state index in [2.05, 4.69) is 9.97 Å². The molecule has 2 aromatic carbocycles. The van der Waals surface area contributed by atoms with Crippen LogP contribution >= 0.6 is 0 Å². The van der Waals surface area contributed by atoms with Crippen LogP contribution in [-0.2, 0) is 9.59 Å². The van der Waals surface area contributed by atoms with Gasteiger partial charge >= 0.3 is 5.97 Å². The number of anilines is 1. The van der Waals surface area contributed by atoms with Crippen LogP contribution in [0.3, 0.4) is 0 Å². The predicted molar refractivity (Wildman–Crippen MR) is 105 cm³/mol. The number of nitrogens with zero attached hydrogens (tertiary/aromatic N) is 2. The lowest BCUT2D eigenvalue weighted by atomic mass is 9.79. The molecule has 32 heavy (non-hydrogen) atoms. The molecule has 0 spiro atoms. The number of imidazole rings is 1. The van der Waals surface area contributed by atoms with E-state index in [1.807, 2.05) is 0 Å². The van der Waals surface area contributed by atoms with E-state index in [1.165, 1.54) is 6.33 Å². The van der Waals surface area contributed by atoms with Crippen LogP contribution in [0.15, 0.2) is 36.7 Å². The summed E-state index contributed by atoms with van der Waals surface area (Å²) in [6.07, 6.45) is -2.40. The van der Waals surface area contributed by atoms with E-state index in [1.54, 1.807) is 18.2 Å². The van der Waals surface area contributed by atoms with Gasteiger partial charge in [-0.25, -0.2) is 22.5 Å². The summed E-state index contributed by atoms with van der Waals surface area (Å²) in [4.78, 5) is 32.1. The van der Waals surface area contributed by atoms with E-state index >= 15 is 0 Å². The molecule has 2 heterocycles. The topological polar surface area (TPSA) is 95.5 Å². The zero-order valence-electron chi connectivity index (χ0n) is 16.4. The van der Waals surface area contributed by atoms with Crippen molar-refractivity contribution in [2.24, 2.45) is 5.92 Å². The number of rotatable bonds is 8. The number of hydrogen-bond donors (Lipinski definition) is 2. The van der Waals surface area contributed by atoms with Crippen LogP contribution in [0.25, 0.3) is 11.0 Å². The van der Waals surface area contributed by atoms with Gasteiger partial charge in [-0.15, -0.1) is 0 Å². The van der Waals surface area contributed by atoms with E-state index in [-0.39, 0.29) is 5.75 Å². The summed E-state index contributed by atoms with van der Waals surface area (Å²) in [6.45, 7) is -0.435. The maximum absolute atomic E-state index is 14.9. The number of carbonyl (C=O) groups is 2. The number of halogens is 4. The highest BCUT2D eigenvalue weighted by molar-refractivity contribution is 6.05. The first kappa shape index (κ1) is 21.6. The number of carboxylic acid groups (broad SMARTS) is 1. The van der Waals surface area contributed by atoms with Crippen LogP contribution in [-0.4, -0.2) is 40.0 Å². The Morgan fingerprint density at radius 2 is 1.94 bits per heavy atom. The van der Waals surface area contributed by atoms with Gasteiger partial charge in [-0.05, 0) is 18.2 Å². The van der Waals surface area contributed by atoms with Gasteiger partial charge in [0.25, 0.3) is 0 Å². The molecule has 3 aromatic rings. The summed E-state index contributed by atoms with van der Waals surface area (Å²) in [5.41, 5.74) is 0.999. The Morgan fingerprint density at radius 3 is 2.59 bits per heavy atom. The van der Waals surface area contributed by atoms with Crippen LogP contribution in [0, 0.1) is 17.6 Å². The van der Waals surface area contributed by atoms with Crippen LogP contribution in [0.1, 0.15) is 24.4 Å². The molecule has 0 bridgehead atoms. The molecule has 1 fully saturated rings. The number of nitrogens with one attached hydrogen (secondary N) is 1. The number of β-lactam (4-membered cyclic amide) rings is 1. The van der Waals surface area contributed by atoms with E-state index in [9.17, 15) is 32.3 Å². The third-order valence-corrected chi connectivity index (χ3v) is 5.24. The Labute approximate surface area is 178 Å². The number of aliphatic carboxylic acids is 1. The number of amides is 1. The van der Waals surface area contributed by atoms with Gasteiger partial charge in [0.15, 0.2) is 0 Å². The van der Waals surface area contributed by atoms with Gasteiger partial charge in [0.1, 0.15) is 17.4 Å². The Kier molecular flexibility index (Phi) is 5.72. The highest BCUT2D eigenvalue weighted by atomic mass is 19.3. The molecule has 0 saturated carbocycles. The quantitative estimate of drug-likeness (QED) is 0.398. The van der Waals surface area contributed by atoms with Crippen molar-refractivity contribution in [1.29, 1.82) is 0 Å². The minimum atomic E-state index is -2.62. The molecular formula is C21H17F4N3O4. The SMILES string of the molecule is O=C(O)CC1C(=O)N(c2ccc3[nH]cnc3c2)C1c1c(F)cc(OCCC(F)F)cc1F. The van der Waals surface area contributed by atoms with Gasteiger partial charge in [0.05, 0.1) is 42.3 Å². The van der Waals surface area contributed by atoms with Gasteiger partial charge in [0.2, 0.25) is 12.3 Å². The van der Waals surface area contributed by atoms with Crippen LogP contribution in [0.4, 0.5) is 23.2 Å². The third-order valence-electron chi connectivity index (χ3n) is 5.24. The normalized spacial score (nSPS) is 18.3. The van der Waals surface area contributed by atoms with Gasteiger partial charge in [-0.2, -0.15) is 0 Å². The van der Waals surface area contributed by atoms with Crippen LogP contribution in [0.5, 0.6) is 5.75 Å². The summed E-state index contributed by atoms with van der Waals surface area (Å²) in [5, 5.41) is 9.17. The maximum atomic E-state index is 14.9. The fourth-order valence-corrected chi connectivity index (χ4v) is 3.82. The fourth-order valence-electron chi connectivity index (χ4n) is 3.82. The first-order valence-corrected chi connectivity index (χ1v) is 9.64. The molecule has 11 heteroatoms. The van der Waals surface area contributed by atoms with Crippen LogP contribution < -0.4 is 9.64 Å². The average Bonchev–Trinajstić information content (AvgIpc) is 3.18. The molecule has 1 aromatic heterocycles. The zero-order valence-corrected chi connectivity index (χ0v) is 16.4. The third kappa shape index (κ3) is 3.97. The van der Waals surface area contributed by atoms with Crippen molar-refractivity contribution in [3.8, 4) is 5.75 Å². The lowest BCUT2D eigenvalue weighted by molar-refractivity contribution is -0.144. The lowest BCUT2D eigenvalue weighted by Gasteiger charge is -2.47. The first-order chi connectivity index (χ1) is 15.3. The van der Waals surface area contributed by atoms with Crippen molar-refractivity contribution < 1.29 is 37.0 Å². The predicted octanol–water partition coefficient (Wildman–Crippen LogP) is 4.05. The smallest absolute Gasteiger partial charge is 0.304 e. The number of ether oxygens (including phenoxy) is 1. The minimum absolute atomic E-state index is 0.283. The standard InChI is InChI=1S/C21H17F4N3O4/c22-13-6-11(32-4-3-17(24)25)7-14(23)19(13)20-12(8-18(29)30)21(31)28(20)10-1-2-15-16(5-10)27-9-26-15/h1-2,5-7,9,12,17,20H,3-4,8H2,(H,26,27)(H,29,30). The number of carboxylic acids is 1. The molecule has 2 N–H and O–H groups in total. The Morgan fingerprint density at radius 1 is 1.22 bits per heavy atom. The number of benzene rings is 2. The highest BCUT2D eigenvalue weighted by Crippen LogP contribution is 2.47. The molecule has 1 aliphatic heterocycles. The Bertz CT molecular complexity index is 1160. The molecule has 0 aliphatic carbocycles. The van der Waals surface area contributed by atoms with E-state index < -0.39 is 66.9 Å². The Balaban J connectivity index is 1.69. The van der Waals surface area contributed by atoms with Gasteiger partial charge in [-0.1, -0.05) is 0 Å². The highest BCUT2D eigenvalue weighted by Gasteiger charge is 2.51. The van der Waals surface area contributed by atoms with Crippen LogP contribution in [0.2, 0.25) is 0 Å². The van der Waals surface area contributed by atoms with Crippen molar-refractivity contribution in [1.82, 2.24) is 9.97 Å². The number of alkyl halides is 2. The molecular weight excluding hydrogens is 434 g/mol. The largest absolute Gasteiger partial charge is 0.493 e. The summed E-state index contributed by atoms with van der Waals surface area (Å²) < 4.78 is 59.4. The van der Waals surface area contributed by atoms with E-state index in [4.69, 9.17) is 4.74 Å². The molecule has 168 valence electrons. The number of aromatic amines is 1. The monoisotopic (exact) mass is 451 g/mol. The van der Waals surface area contributed by atoms with Crippen molar-refractivity contribution >= 4 is 28.6 Å². The maximum Gasteiger partial charge on any atom is 0.304 e. The second-order valence-electron chi connectivity index (χ2n) is 7.29. The van der Waals surface area contributed by atoms with Crippen molar-refractivity contribution in [3.63, 3.8) is 0 Å². The summed E-state index contributed by atoms with van der Waals surface area (Å²) in [6, 6.07) is 5.19. The minimum Gasteiger partial charge on any atom is -0.493 e. The second-order valence-corrected chi connectivity index (χ2v) is 7.29. The first-order valence-electron chi connectivity index (χ1n) is 9.64. The number of H-pyrrole nitrogens is 1. The summed E-state index contributed by atoms with van der Waals surface area (Å²) in [5.74, 6) is -5.50. The molecule has 1 aliphatic rings. The van der Waals surface area contributed by atoms with Gasteiger partial charge in [0, 0.05) is 29.8 Å². The van der Waals surface area contributed by atoms with Gasteiger partial charge in [-0.3, -0.25) is 9.59 Å². The lowest BCUT2D eigenvalue weighted by Crippen LogP contribution is -2.56. The van der Waals surface area contributed by atoms with Gasteiger partial charge < -0.3 is 19.7 Å². The van der Waals surface area contributed by atoms with Crippen molar-refractivity contribution in [2.45, 2.75) is 25.3 Å². The number of hydrogen-bond acceptors (Lipinski definition) is 4. The summed E-state index contributed by atoms with van der Waals surface area (Å²) >= 11 is 0. The number of carbonyl (C=O) groups excluding carboxylic acids is 1. The molecule has 2 atom stereocenters. The molecule has 4 rings (SSSR count). The summed E-state index contributed by atoms with van der Waals surface area (Å²) in [7, 11) is 0. The molecule has 7 nitrogen and oxygen atoms in total. The number of fused-ring (bicyclic) bond motifs is 1. The van der Waals surface area contributed by atoms with Crippen molar-refractivity contribution in [2.75, 3.05) is 11.5 Å². The molecule has 0 radical (unpaired) electrons. The second kappa shape index (κ2) is 8.48. The van der Waals surface area contributed by atoms with E-state index in [0.717, 1.165) is 17.0 Å². The fraction of sp³-hybridized carbons (Fsp3) is 0.286. The Hall–Kier alpha value is -3.63. The van der Waals surface area contributed by atoms with E-state index in [0.29, 0.717) is 16.7 Å². The molecule has 1 amide bonds.